The Kier molecular flexibility index (Phi) is 5.49. The van der Waals surface area contributed by atoms with Crippen LogP contribution in [0.25, 0.3) is 11.0 Å². The maximum Gasteiger partial charge on any atom is 0.243 e. The van der Waals surface area contributed by atoms with Crippen molar-refractivity contribution in [3.05, 3.63) is 77.6 Å². The van der Waals surface area contributed by atoms with Crippen molar-refractivity contribution in [2.24, 2.45) is 0 Å². The molecule has 0 aliphatic carbocycles. The lowest BCUT2D eigenvalue weighted by Crippen LogP contribution is -2.24. The van der Waals surface area contributed by atoms with E-state index < -0.39 is 0 Å². The molecule has 132 valence electrons. The first-order chi connectivity index (χ1) is 12.6. The second-order valence-electron chi connectivity index (χ2n) is 5.78. The minimum absolute atomic E-state index is 0.0267. The Labute approximate surface area is 156 Å². The summed E-state index contributed by atoms with van der Waals surface area (Å²) in [6, 6.07) is 14.5. The maximum absolute atomic E-state index is 12.7. The number of aromatic nitrogens is 2. The number of benzene rings is 2. The molecule has 2 aromatic carbocycles. The highest BCUT2D eigenvalue weighted by Gasteiger charge is 2.14. The van der Waals surface area contributed by atoms with Gasteiger partial charge in [0, 0.05) is 23.6 Å². The number of nitrogens with one attached hydrogen (secondary N) is 1. The van der Waals surface area contributed by atoms with Gasteiger partial charge in [0.05, 0.1) is 17.6 Å². The van der Waals surface area contributed by atoms with Crippen LogP contribution in [0.5, 0.6) is 0 Å². The summed E-state index contributed by atoms with van der Waals surface area (Å²) in [6.45, 7) is 4.02. The van der Waals surface area contributed by atoms with Gasteiger partial charge in [-0.15, -0.1) is 0 Å². The Bertz CT molecular complexity index is 961. The molecule has 26 heavy (non-hydrogen) atoms. The first-order valence-electron chi connectivity index (χ1n) is 8.21. The van der Waals surface area contributed by atoms with Gasteiger partial charge in [-0.1, -0.05) is 30.3 Å². The Morgan fingerprint density at radius 1 is 1.15 bits per heavy atom. The first-order valence-corrected chi connectivity index (χ1v) is 8.59. The summed E-state index contributed by atoms with van der Waals surface area (Å²) in [5, 5.41) is 3.32. The van der Waals surface area contributed by atoms with Crippen LogP contribution in [-0.4, -0.2) is 27.8 Å². The van der Waals surface area contributed by atoms with Gasteiger partial charge in [0.15, 0.2) is 5.78 Å². The van der Waals surface area contributed by atoms with Crippen LogP contribution in [0.3, 0.4) is 0 Å². The molecule has 0 saturated carbocycles. The largest absolute Gasteiger partial charge is 0.352 e. The van der Waals surface area contributed by atoms with Crippen LogP contribution in [0.1, 0.15) is 16.2 Å². The molecule has 1 aromatic heterocycles. The Hall–Kier alpha value is -2.92. The fourth-order valence-electron chi connectivity index (χ4n) is 2.73. The molecule has 1 amide bonds. The lowest BCUT2D eigenvalue weighted by Gasteiger charge is -2.09. The van der Waals surface area contributed by atoms with Gasteiger partial charge in [-0.3, -0.25) is 9.59 Å². The SMILES string of the molecule is C=CC(=O)NCCc1nc2ccccc2n1CC(=O)c1ccc(Cl)cc1. The molecule has 1 N–H and O–H groups in total. The average molecular weight is 368 g/mol. The lowest BCUT2D eigenvalue weighted by molar-refractivity contribution is -0.116. The summed E-state index contributed by atoms with van der Waals surface area (Å²) in [7, 11) is 0. The van der Waals surface area contributed by atoms with Crippen LogP contribution in [0, 0.1) is 0 Å². The van der Waals surface area contributed by atoms with E-state index in [-0.39, 0.29) is 18.2 Å². The standard InChI is InChI=1S/C20H18ClN3O2/c1-2-20(26)22-12-11-19-23-16-5-3-4-6-17(16)24(19)13-18(25)14-7-9-15(21)10-8-14/h2-10H,1,11-13H2,(H,22,26). The number of imidazole rings is 1. The van der Waals surface area contributed by atoms with Gasteiger partial charge in [-0.25, -0.2) is 4.98 Å². The number of hydrogen-bond acceptors (Lipinski definition) is 3. The van der Waals surface area contributed by atoms with Gasteiger partial charge in [-0.2, -0.15) is 0 Å². The highest BCUT2D eigenvalue weighted by atomic mass is 35.5. The van der Waals surface area contributed by atoms with Gasteiger partial charge >= 0.3 is 0 Å². The third-order valence-corrected chi connectivity index (χ3v) is 4.29. The summed E-state index contributed by atoms with van der Waals surface area (Å²) < 4.78 is 1.90. The van der Waals surface area contributed by atoms with E-state index in [1.54, 1.807) is 24.3 Å². The molecule has 3 aromatic rings. The predicted octanol–water partition coefficient (Wildman–Crippen LogP) is 3.42. The van der Waals surface area contributed by atoms with Crippen LogP contribution >= 0.6 is 11.6 Å². The van der Waals surface area contributed by atoms with Crippen LogP contribution in [0.15, 0.2) is 61.2 Å². The fraction of sp³-hybridized carbons (Fsp3) is 0.150. The van der Waals surface area contributed by atoms with E-state index in [1.165, 1.54) is 6.08 Å². The third kappa shape index (κ3) is 4.00. The molecule has 0 fully saturated rings. The Morgan fingerprint density at radius 3 is 2.62 bits per heavy atom. The molecule has 0 aliphatic rings. The quantitative estimate of drug-likeness (QED) is 0.514. The van der Waals surface area contributed by atoms with Crippen molar-refractivity contribution in [1.29, 1.82) is 0 Å². The van der Waals surface area contributed by atoms with Crippen molar-refractivity contribution in [1.82, 2.24) is 14.9 Å². The maximum atomic E-state index is 12.7. The average Bonchev–Trinajstić information content (AvgIpc) is 2.99. The van der Waals surface area contributed by atoms with Gasteiger partial charge in [0.25, 0.3) is 0 Å². The molecule has 5 nitrogen and oxygen atoms in total. The molecular weight excluding hydrogens is 350 g/mol. The molecule has 0 saturated heterocycles. The molecule has 0 unspecified atom stereocenters. The Morgan fingerprint density at radius 2 is 1.88 bits per heavy atom. The van der Waals surface area contributed by atoms with Gasteiger partial charge in [-0.05, 0) is 42.5 Å². The minimum atomic E-state index is -0.232. The summed E-state index contributed by atoms with van der Waals surface area (Å²) in [6.07, 6.45) is 1.75. The number of carbonyl (C=O) groups is 2. The topological polar surface area (TPSA) is 64.0 Å². The number of para-hydroxylation sites is 2. The van der Waals surface area contributed by atoms with E-state index in [0.29, 0.717) is 23.6 Å². The number of halogens is 1. The van der Waals surface area contributed by atoms with Crippen molar-refractivity contribution in [2.45, 2.75) is 13.0 Å². The van der Waals surface area contributed by atoms with Crippen molar-refractivity contribution in [3.8, 4) is 0 Å². The van der Waals surface area contributed by atoms with Crippen LogP contribution in [0.2, 0.25) is 5.02 Å². The number of ketones is 1. The molecule has 0 bridgehead atoms. The zero-order chi connectivity index (χ0) is 18.5. The molecule has 6 heteroatoms. The number of amides is 1. The second-order valence-corrected chi connectivity index (χ2v) is 6.21. The molecule has 3 rings (SSSR count). The second kappa shape index (κ2) is 7.97. The number of carbonyl (C=O) groups excluding carboxylic acids is 2. The van der Waals surface area contributed by atoms with Crippen molar-refractivity contribution in [2.75, 3.05) is 6.54 Å². The molecule has 0 spiro atoms. The normalized spacial score (nSPS) is 10.7. The van der Waals surface area contributed by atoms with Crippen molar-refractivity contribution < 1.29 is 9.59 Å². The lowest BCUT2D eigenvalue weighted by atomic mass is 10.1. The van der Waals surface area contributed by atoms with E-state index >= 15 is 0 Å². The van der Waals surface area contributed by atoms with Gasteiger partial charge in [0.2, 0.25) is 5.91 Å². The molecule has 0 radical (unpaired) electrons. The van der Waals surface area contributed by atoms with E-state index in [9.17, 15) is 9.59 Å². The van der Waals surface area contributed by atoms with E-state index in [4.69, 9.17) is 11.6 Å². The van der Waals surface area contributed by atoms with Crippen LogP contribution in [-0.2, 0) is 17.8 Å². The number of rotatable bonds is 7. The van der Waals surface area contributed by atoms with Crippen molar-refractivity contribution >= 4 is 34.3 Å². The van der Waals surface area contributed by atoms with E-state index in [2.05, 4.69) is 16.9 Å². The fourth-order valence-corrected chi connectivity index (χ4v) is 2.86. The summed E-state index contributed by atoms with van der Waals surface area (Å²) >= 11 is 5.89. The smallest absolute Gasteiger partial charge is 0.243 e. The zero-order valence-corrected chi connectivity index (χ0v) is 14.9. The first kappa shape index (κ1) is 17.9. The number of hydrogen-bond donors (Lipinski definition) is 1. The van der Waals surface area contributed by atoms with Crippen molar-refractivity contribution in [3.63, 3.8) is 0 Å². The third-order valence-electron chi connectivity index (χ3n) is 4.03. The summed E-state index contributed by atoms with van der Waals surface area (Å²) in [5.41, 5.74) is 2.31. The monoisotopic (exact) mass is 367 g/mol. The molecule has 1 heterocycles. The van der Waals surface area contributed by atoms with Crippen LogP contribution < -0.4 is 5.32 Å². The predicted molar refractivity (Wildman–Crippen MR) is 102 cm³/mol. The minimum Gasteiger partial charge on any atom is -0.352 e. The molecule has 0 aliphatic heterocycles. The number of nitrogens with zero attached hydrogens (tertiary/aromatic N) is 2. The van der Waals surface area contributed by atoms with Gasteiger partial charge in [0.1, 0.15) is 5.82 Å². The van der Waals surface area contributed by atoms with Gasteiger partial charge < -0.3 is 9.88 Å². The zero-order valence-electron chi connectivity index (χ0n) is 14.1. The van der Waals surface area contributed by atoms with E-state index in [0.717, 1.165) is 16.9 Å². The highest BCUT2D eigenvalue weighted by Crippen LogP contribution is 2.18. The van der Waals surface area contributed by atoms with E-state index in [1.807, 2.05) is 28.8 Å². The highest BCUT2D eigenvalue weighted by molar-refractivity contribution is 6.30. The molecular formula is C20H18ClN3O2. The summed E-state index contributed by atoms with van der Waals surface area (Å²) in [4.78, 5) is 28.6. The molecule has 0 atom stereocenters. The number of Topliss-reactive ketones (excluding diaryl/α,β-unsaturated/α-hetero) is 1. The van der Waals surface area contributed by atoms with Crippen LogP contribution in [0.4, 0.5) is 0 Å². The Balaban J connectivity index is 1.86. The number of fused-ring (bicyclic) bond motifs is 1. The summed E-state index contributed by atoms with van der Waals surface area (Å²) in [5.74, 6) is 0.490.